The van der Waals surface area contributed by atoms with E-state index in [1.54, 1.807) is 13.1 Å². The van der Waals surface area contributed by atoms with Crippen molar-refractivity contribution >= 4 is 5.91 Å². The Kier molecular flexibility index (Phi) is 3.63. The Hall–Kier alpha value is -1.38. The van der Waals surface area contributed by atoms with Gasteiger partial charge in [0.15, 0.2) is 0 Å². The molecule has 1 rings (SSSR count). The molecule has 0 aliphatic carbocycles. The number of nitrogens with one attached hydrogen (secondary N) is 1. The number of benzene rings is 1. The second-order valence-electron chi connectivity index (χ2n) is 3.33. The van der Waals surface area contributed by atoms with E-state index in [4.69, 9.17) is 0 Å². The van der Waals surface area contributed by atoms with Crippen LogP contribution in [-0.4, -0.2) is 13.0 Å². The number of carbonyl (C=O) groups excluding carboxylic acids is 1. The smallest absolute Gasteiger partial charge is 0.220 e. The summed E-state index contributed by atoms with van der Waals surface area (Å²) in [6.07, 6.45) is 0.389. The molecule has 14 heavy (non-hydrogen) atoms. The quantitative estimate of drug-likeness (QED) is 0.786. The maximum Gasteiger partial charge on any atom is 0.220 e. The van der Waals surface area contributed by atoms with E-state index in [1.807, 2.05) is 13.0 Å². The molecule has 0 spiro atoms. The van der Waals surface area contributed by atoms with Crippen molar-refractivity contribution in [3.05, 3.63) is 35.6 Å². The molecule has 0 radical (unpaired) electrons. The van der Waals surface area contributed by atoms with Crippen molar-refractivity contribution < 1.29 is 9.18 Å². The second kappa shape index (κ2) is 4.74. The minimum atomic E-state index is -0.258. The van der Waals surface area contributed by atoms with E-state index in [-0.39, 0.29) is 17.6 Å². The number of amides is 1. The Labute approximate surface area is 83.1 Å². The maximum atomic E-state index is 12.8. The van der Waals surface area contributed by atoms with E-state index in [0.29, 0.717) is 6.42 Å². The average Bonchev–Trinajstić information content (AvgIpc) is 2.17. The van der Waals surface area contributed by atoms with Crippen molar-refractivity contribution in [3.63, 3.8) is 0 Å². The molecule has 1 aromatic carbocycles. The zero-order valence-corrected chi connectivity index (χ0v) is 8.38. The maximum absolute atomic E-state index is 12.8. The molecule has 0 fully saturated rings. The summed E-state index contributed by atoms with van der Waals surface area (Å²) in [5.41, 5.74) is 0.855. The van der Waals surface area contributed by atoms with Crippen LogP contribution in [0.4, 0.5) is 4.39 Å². The summed E-state index contributed by atoms with van der Waals surface area (Å²) in [6, 6.07) is 6.35. The van der Waals surface area contributed by atoms with E-state index in [0.717, 1.165) is 5.56 Å². The molecule has 0 saturated heterocycles. The van der Waals surface area contributed by atoms with Gasteiger partial charge in [-0.15, -0.1) is 0 Å². The molecular formula is C11H14FNO. The van der Waals surface area contributed by atoms with Gasteiger partial charge in [-0.3, -0.25) is 4.79 Å². The summed E-state index contributed by atoms with van der Waals surface area (Å²) < 4.78 is 12.8. The Balaban J connectivity index is 2.69. The zero-order chi connectivity index (χ0) is 10.6. The van der Waals surface area contributed by atoms with E-state index < -0.39 is 0 Å². The van der Waals surface area contributed by atoms with Gasteiger partial charge in [-0.2, -0.15) is 0 Å². The van der Waals surface area contributed by atoms with Gasteiger partial charge in [0.2, 0.25) is 5.91 Å². The third-order valence-corrected chi connectivity index (χ3v) is 2.19. The molecule has 0 saturated carbocycles. The third-order valence-electron chi connectivity index (χ3n) is 2.19. The monoisotopic (exact) mass is 195 g/mol. The molecule has 0 bridgehead atoms. The summed E-state index contributed by atoms with van der Waals surface area (Å²) in [6.45, 7) is 1.91. The topological polar surface area (TPSA) is 29.1 Å². The molecule has 2 nitrogen and oxygen atoms in total. The molecule has 1 atom stereocenters. The molecule has 1 aromatic rings. The highest BCUT2D eigenvalue weighted by Crippen LogP contribution is 2.19. The molecule has 3 heteroatoms. The first kappa shape index (κ1) is 10.7. The van der Waals surface area contributed by atoms with Crippen LogP contribution in [0.15, 0.2) is 24.3 Å². The van der Waals surface area contributed by atoms with Gasteiger partial charge in [0.25, 0.3) is 0 Å². The van der Waals surface area contributed by atoms with Crippen molar-refractivity contribution in [1.82, 2.24) is 5.32 Å². The van der Waals surface area contributed by atoms with Gasteiger partial charge < -0.3 is 5.32 Å². The van der Waals surface area contributed by atoms with Crippen molar-refractivity contribution in [1.29, 1.82) is 0 Å². The van der Waals surface area contributed by atoms with Crippen LogP contribution in [0.3, 0.4) is 0 Å². The standard InChI is InChI=1S/C11H14FNO/c1-8(6-11(14)13-2)9-4-3-5-10(12)7-9/h3-5,7-8H,6H2,1-2H3,(H,13,14)/t8-/m0/s1. The van der Waals surface area contributed by atoms with E-state index in [1.165, 1.54) is 12.1 Å². The van der Waals surface area contributed by atoms with Crippen molar-refractivity contribution in [2.45, 2.75) is 19.3 Å². The highest BCUT2D eigenvalue weighted by Gasteiger charge is 2.10. The Morgan fingerprint density at radius 3 is 2.86 bits per heavy atom. The molecule has 76 valence electrons. The van der Waals surface area contributed by atoms with Gasteiger partial charge in [-0.1, -0.05) is 19.1 Å². The number of rotatable bonds is 3. The van der Waals surface area contributed by atoms with Crippen LogP contribution in [0, 0.1) is 5.82 Å². The summed E-state index contributed by atoms with van der Waals surface area (Å²) in [5.74, 6) is -0.237. The first-order chi connectivity index (χ1) is 6.63. The van der Waals surface area contributed by atoms with Crippen molar-refractivity contribution in [2.24, 2.45) is 0 Å². The lowest BCUT2D eigenvalue weighted by molar-refractivity contribution is -0.120. The van der Waals surface area contributed by atoms with Crippen molar-refractivity contribution in [2.75, 3.05) is 7.05 Å². The van der Waals surface area contributed by atoms with Crippen LogP contribution >= 0.6 is 0 Å². The van der Waals surface area contributed by atoms with Crippen LogP contribution in [0.5, 0.6) is 0 Å². The van der Waals surface area contributed by atoms with Gasteiger partial charge in [0.05, 0.1) is 0 Å². The van der Waals surface area contributed by atoms with E-state index in [9.17, 15) is 9.18 Å². The first-order valence-corrected chi connectivity index (χ1v) is 4.59. The van der Waals surface area contributed by atoms with Crippen LogP contribution in [0.25, 0.3) is 0 Å². The number of hydrogen-bond donors (Lipinski definition) is 1. The Morgan fingerprint density at radius 1 is 1.57 bits per heavy atom. The van der Waals surface area contributed by atoms with E-state index in [2.05, 4.69) is 5.32 Å². The molecule has 0 heterocycles. The van der Waals surface area contributed by atoms with Gasteiger partial charge in [0.1, 0.15) is 5.82 Å². The molecule has 0 aliphatic heterocycles. The van der Waals surface area contributed by atoms with Gasteiger partial charge >= 0.3 is 0 Å². The second-order valence-corrected chi connectivity index (χ2v) is 3.33. The fraction of sp³-hybridized carbons (Fsp3) is 0.364. The SMILES string of the molecule is CNC(=O)C[C@H](C)c1cccc(F)c1. The lowest BCUT2D eigenvalue weighted by atomic mass is 9.97. The highest BCUT2D eigenvalue weighted by atomic mass is 19.1. The lowest BCUT2D eigenvalue weighted by Gasteiger charge is -2.10. The molecule has 0 aliphatic rings. The van der Waals surface area contributed by atoms with E-state index >= 15 is 0 Å². The fourth-order valence-corrected chi connectivity index (χ4v) is 1.31. The molecule has 0 unspecified atom stereocenters. The number of halogens is 1. The molecular weight excluding hydrogens is 181 g/mol. The van der Waals surface area contributed by atoms with Gasteiger partial charge in [-0.05, 0) is 23.6 Å². The van der Waals surface area contributed by atoms with Crippen LogP contribution in [0.2, 0.25) is 0 Å². The minimum Gasteiger partial charge on any atom is -0.359 e. The Morgan fingerprint density at radius 2 is 2.29 bits per heavy atom. The molecule has 0 aromatic heterocycles. The van der Waals surface area contributed by atoms with Crippen LogP contribution in [0.1, 0.15) is 24.8 Å². The van der Waals surface area contributed by atoms with Gasteiger partial charge in [-0.25, -0.2) is 4.39 Å². The number of hydrogen-bond acceptors (Lipinski definition) is 1. The fourth-order valence-electron chi connectivity index (χ4n) is 1.31. The van der Waals surface area contributed by atoms with Gasteiger partial charge in [0, 0.05) is 13.5 Å². The summed E-state index contributed by atoms with van der Waals surface area (Å²) in [4.78, 5) is 11.1. The molecule has 1 N–H and O–H groups in total. The predicted molar refractivity (Wildman–Crippen MR) is 53.5 cm³/mol. The third kappa shape index (κ3) is 2.83. The summed E-state index contributed by atoms with van der Waals surface area (Å²) in [5, 5.41) is 2.55. The van der Waals surface area contributed by atoms with Crippen molar-refractivity contribution in [3.8, 4) is 0 Å². The summed E-state index contributed by atoms with van der Waals surface area (Å²) in [7, 11) is 1.60. The largest absolute Gasteiger partial charge is 0.359 e. The minimum absolute atomic E-state index is 0.0261. The first-order valence-electron chi connectivity index (χ1n) is 4.59. The summed E-state index contributed by atoms with van der Waals surface area (Å²) >= 11 is 0. The average molecular weight is 195 g/mol. The Bertz CT molecular complexity index is 325. The highest BCUT2D eigenvalue weighted by molar-refractivity contribution is 5.76. The normalized spacial score (nSPS) is 12.2. The zero-order valence-electron chi connectivity index (χ0n) is 8.38. The predicted octanol–water partition coefficient (Wildman–Crippen LogP) is 2.07. The molecule has 1 amide bonds. The number of carbonyl (C=O) groups is 1. The van der Waals surface area contributed by atoms with Crippen LogP contribution in [-0.2, 0) is 4.79 Å². The van der Waals surface area contributed by atoms with Crippen LogP contribution < -0.4 is 5.32 Å². The lowest BCUT2D eigenvalue weighted by Crippen LogP contribution is -2.19.